The minimum Gasteiger partial charge on any atom is -0.505 e. The van der Waals surface area contributed by atoms with Gasteiger partial charge in [0, 0.05) is 10.6 Å². The maximum atomic E-state index is 14.6. The smallest absolute Gasteiger partial charge is 0.268 e. The Morgan fingerprint density at radius 1 is 0.974 bits per heavy atom. The summed E-state index contributed by atoms with van der Waals surface area (Å²) in [5.41, 5.74) is -0.740. The third kappa shape index (κ3) is 4.86. The van der Waals surface area contributed by atoms with Crippen molar-refractivity contribution in [2.75, 3.05) is 11.8 Å². The van der Waals surface area contributed by atoms with Crippen LogP contribution in [0.15, 0.2) is 57.9 Å². The molecule has 0 saturated carbocycles. The summed E-state index contributed by atoms with van der Waals surface area (Å²) in [4.78, 5) is 11.6. The summed E-state index contributed by atoms with van der Waals surface area (Å²) in [5, 5.41) is 9.48. The molecule has 0 unspecified atom stereocenters. The number of rotatable bonds is 7. The van der Waals surface area contributed by atoms with Crippen LogP contribution in [0.4, 0.5) is 27.6 Å². The van der Waals surface area contributed by atoms with E-state index in [2.05, 4.69) is 20.7 Å². The molecular weight excluding hydrogens is 621 g/mol. The summed E-state index contributed by atoms with van der Waals surface area (Å²) < 4.78 is 103. The molecule has 1 aromatic heterocycles. The second-order valence-corrected chi connectivity index (χ2v) is 11.0. The minimum absolute atomic E-state index is 0.0815. The number of benzene rings is 3. The van der Waals surface area contributed by atoms with Crippen molar-refractivity contribution in [3.05, 3.63) is 92.5 Å². The quantitative estimate of drug-likeness (QED) is 0.103. The summed E-state index contributed by atoms with van der Waals surface area (Å²) in [6.07, 6.45) is 0. The Balaban J connectivity index is 1.68. The van der Waals surface area contributed by atoms with Gasteiger partial charge in [0.15, 0.2) is 39.7 Å². The number of hydrogen-bond acceptors (Lipinski definition) is 6. The van der Waals surface area contributed by atoms with Gasteiger partial charge >= 0.3 is 0 Å². The van der Waals surface area contributed by atoms with Crippen LogP contribution in [0.1, 0.15) is 15.2 Å². The topological polar surface area (TPSA) is 92.7 Å². The van der Waals surface area contributed by atoms with Crippen LogP contribution < -0.4 is 9.46 Å². The number of carbonyl (C=O) groups is 1. The highest BCUT2D eigenvalue weighted by Gasteiger charge is 2.33. The zero-order valence-electron chi connectivity index (χ0n) is 18.8. The largest absolute Gasteiger partial charge is 0.505 e. The van der Waals surface area contributed by atoms with Crippen LogP contribution in [0.25, 0.3) is 10.4 Å². The number of methoxy groups -OCH3 is 1. The Morgan fingerprint density at radius 3 is 2.37 bits per heavy atom. The van der Waals surface area contributed by atoms with Crippen LogP contribution in [0.5, 0.6) is 11.5 Å². The normalized spacial score (nSPS) is 11.4. The molecule has 6 nitrogen and oxygen atoms in total. The van der Waals surface area contributed by atoms with Gasteiger partial charge in [-0.25, -0.2) is 30.4 Å². The van der Waals surface area contributed by atoms with Gasteiger partial charge in [-0.2, -0.15) is 0 Å². The number of carbonyl (C=O) groups excluding carboxylic acids is 1. The van der Waals surface area contributed by atoms with Crippen molar-refractivity contribution < 1.29 is 45.0 Å². The van der Waals surface area contributed by atoms with Gasteiger partial charge in [0.1, 0.15) is 5.82 Å². The summed E-state index contributed by atoms with van der Waals surface area (Å²) in [6.45, 7) is 0. The Morgan fingerprint density at radius 2 is 1.68 bits per heavy atom. The van der Waals surface area contributed by atoms with Gasteiger partial charge in [0.05, 0.1) is 22.0 Å². The molecule has 14 heteroatoms. The Bertz CT molecular complexity index is 1710. The molecule has 0 spiro atoms. The third-order valence-corrected chi connectivity index (χ3v) is 8.42. The lowest BCUT2D eigenvalue weighted by Crippen LogP contribution is -2.18. The van der Waals surface area contributed by atoms with Crippen LogP contribution in [-0.2, 0) is 10.0 Å². The van der Waals surface area contributed by atoms with Crippen LogP contribution in [-0.4, -0.2) is 26.4 Å². The molecule has 38 heavy (non-hydrogen) atoms. The number of nitrogens with one attached hydrogen (secondary N) is 1. The monoisotopic (exact) mass is 633 g/mol. The van der Waals surface area contributed by atoms with E-state index in [0.717, 1.165) is 30.6 Å². The molecule has 4 aromatic rings. The summed E-state index contributed by atoms with van der Waals surface area (Å²) in [7, 11) is -4.03. The fourth-order valence-electron chi connectivity index (χ4n) is 3.44. The highest BCUT2D eigenvalue weighted by Crippen LogP contribution is 2.38. The SMILES string of the molecule is COc1c(F)c(Br)c(F)c(F)c1S(=O)(=O)Nc1cccc(-c2ccc(C(=O)c3c(F)ccc(O)c3F)s2)c1. The first-order valence-electron chi connectivity index (χ1n) is 10.2. The molecule has 0 aliphatic carbocycles. The van der Waals surface area contributed by atoms with E-state index < -0.39 is 71.3 Å². The van der Waals surface area contributed by atoms with Crippen LogP contribution in [0, 0.1) is 29.1 Å². The fraction of sp³-hybridized carbons (Fsp3) is 0.0417. The first kappa shape index (κ1) is 27.5. The second kappa shape index (κ2) is 10.3. The van der Waals surface area contributed by atoms with Crippen LogP contribution >= 0.6 is 27.3 Å². The molecule has 0 atom stereocenters. The lowest BCUT2D eigenvalue weighted by Gasteiger charge is -2.15. The van der Waals surface area contributed by atoms with Crippen LogP contribution in [0.3, 0.4) is 0 Å². The van der Waals surface area contributed by atoms with Gasteiger partial charge in [-0.15, -0.1) is 11.3 Å². The molecule has 1 heterocycles. The molecule has 0 saturated heterocycles. The van der Waals surface area contributed by atoms with E-state index in [1.165, 1.54) is 36.4 Å². The molecule has 0 bridgehead atoms. The predicted octanol–water partition coefficient (Wildman–Crippen LogP) is 6.62. The molecule has 3 aromatic carbocycles. The number of thiophene rings is 1. The number of ether oxygens (including phenoxy) is 1. The number of anilines is 1. The van der Waals surface area contributed by atoms with Gasteiger partial charge in [-0.3, -0.25) is 9.52 Å². The van der Waals surface area contributed by atoms with E-state index in [9.17, 15) is 40.3 Å². The molecule has 0 aliphatic heterocycles. The zero-order chi connectivity index (χ0) is 27.9. The van der Waals surface area contributed by atoms with Crippen molar-refractivity contribution in [1.82, 2.24) is 0 Å². The van der Waals surface area contributed by atoms with E-state index in [1.54, 1.807) is 0 Å². The van der Waals surface area contributed by atoms with E-state index >= 15 is 0 Å². The Kier molecular flexibility index (Phi) is 7.50. The highest BCUT2D eigenvalue weighted by atomic mass is 79.9. The lowest BCUT2D eigenvalue weighted by atomic mass is 10.1. The summed E-state index contributed by atoms with van der Waals surface area (Å²) in [6, 6.07) is 9.72. The van der Waals surface area contributed by atoms with Crippen molar-refractivity contribution in [1.29, 1.82) is 0 Å². The first-order valence-corrected chi connectivity index (χ1v) is 13.3. The third-order valence-electron chi connectivity index (χ3n) is 5.18. The molecular formula is C24H13BrF5NO5S2. The molecule has 0 radical (unpaired) electrons. The molecule has 198 valence electrons. The maximum Gasteiger partial charge on any atom is 0.268 e. The molecule has 0 fully saturated rings. The number of aromatic hydroxyl groups is 1. The number of sulfonamides is 1. The van der Waals surface area contributed by atoms with E-state index in [1.807, 2.05) is 4.72 Å². The number of halogens is 6. The van der Waals surface area contributed by atoms with Crippen molar-refractivity contribution in [3.8, 4) is 21.9 Å². The lowest BCUT2D eigenvalue weighted by molar-refractivity contribution is 0.103. The van der Waals surface area contributed by atoms with Gasteiger partial charge in [0.2, 0.25) is 5.78 Å². The molecule has 2 N–H and O–H groups in total. The van der Waals surface area contributed by atoms with Crippen LogP contribution in [0.2, 0.25) is 0 Å². The van der Waals surface area contributed by atoms with E-state index in [0.29, 0.717) is 10.4 Å². The Hall–Kier alpha value is -3.49. The summed E-state index contributed by atoms with van der Waals surface area (Å²) >= 11 is 3.32. The fourth-order valence-corrected chi connectivity index (χ4v) is 6.03. The number of phenolic OH excluding ortho intramolecular Hbond substituents is 1. The maximum absolute atomic E-state index is 14.6. The molecule has 4 rings (SSSR count). The van der Waals surface area contributed by atoms with Gasteiger partial charge in [-0.1, -0.05) is 12.1 Å². The van der Waals surface area contributed by atoms with Crippen molar-refractivity contribution in [2.45, 2.75) is 4.90 Å². The standard InChI is InChI=1S/C24H13BrF5NO5S2/c1-36-23-20(29)17(25)19(28)21(30)24(23)38(34,35)31-11-4-2-3-10(9-11)14-7-8-15(37-14)22(33)16-12(26)5-6-13(32)18(16)27/h2-9,31-32H,1H3. The zero-order valence-corrected chi connectivity index (χ0v) is 22.0. The predicted molar refractivity (Wildman–Crippen MR) is 133 cm³/mol. The average Bonchev–Trinajstić information content (AvgIpc) is 3.37. The van der Waals surface area contributed by atoms with Crippen molar-refractivity contribution in [3.63, 3.8) is 0 Å². The Labute approximate surface area is 224 Å². The molecule has 0 amide bonds. The van der Waals surface area contributed by atoms with Gasteiger partial charge < -0.3 is 9.84 Å². The first-order chi connectivity index (χ1) is 17.9. The number of ketones is 1. The highest BCUT2D eigenvalue weighted by molar-refractivity contribution is 9.10. The van der Waals surface area contributed by atoms with E-state index in [4.69, 9.17) is 0 Å². The molecule has 0 aliphatic rings. The minimum atomic E-state index is -4.91. The van der Waals surface area contributed by atoms with Gasteiger partial charge in [-0.05, 0) is 57.9 Å². The van der Waals surface area contributed by atoms with Gasteiger partial charge in [0.25, 0.3) is 10.0 Å². The number of hydrogen-bond donors (Lipinski definition) is 2. The number of phenols is 1. The second-order valence-electron chi connectivity index (χ2n) is 7.55. The van der Waals surface area contributed by atoms with Crippen molar-refractivity contribution in [2.24, 2.45) is 0 Å². The average molecular weight is 634 g/mol. The summed E-state index contributed by atoms with van der Waals surface area (Å²) in [5.74, 6) is -10.6. The van der Waals surface area contributed by atoms with Crippen molar-refractivity contribution >= 4 is 48.8 Å². The van der Waals surface area contributed by atoms with E-state index in [-0.39, 0.29) is 10.6 Å².